The Morgan fingerprint density at radius 1 is 0.850 bits per heavy atom. The van der Waals surface area contributed by atoms with Crippen LogP contribution in [-0.2, 0) is 0 Å². The lowest BCUT2D eigenvalue weighted by Crippen LogP contribution is -1.95. The van der Waals surface area contributed by atoms with Crippen LogP contribution in [0.4, 0.5) is 0 Å². The van der Waals surface area contributed by atoms with Gasteiger partial charge in [0.25, 0.3) is 0 Å². The lowest BCUT2D eigenvalue weighted by molar-refractivity contribution is 1.15. The summed E-state index contributed by atoms with van der Waals surface area (Å²) in [6.45, 7) is 2.08. The van der Waals surface area contributed by atoms with E-state index >= 15 is 0 Å². The Balaban J connectivity index is 2.17. The molecule has 0 bridgehead atoms. The largest absolute Gasteiger partial charge is 0.113 e. The van der Waals surface area contributed by atoms with Gasteiger partial charge in [0.1, 0.15) is 0 Å². The molecule has 0 heterocycles. The number of aryl methyl sites for hydroxylation is 1. The summed E-state index contributed by atoms with van der Waals surface area (Å²) in [5.41, 5.74) is 3.42. The SMILES string of the molecule is Cc1cccc(C(Cl)c2ccc(Cl)c3ccccc23)c1. The summed E-state index contributed by atoms with van der Waals surface area (Å²) in [5.74, 6) is 0. The molecular weight excluding hydrogens is 287 g/mol. The molecule has 0 spiro atoms. The zero-order valence-corrected chi connectivity index (χ0v) is 12.6. The van der Waals surface area contributed by atoms with Gasteiger partial charge in [0, 0.05) is 10.4 Å². The molecule has 0 saturated carbocycles. The second-order valence-electron chi connectivity index (χ2n) is 4.96. The third-order valence-corrected chi connectivity index (χ3v) is 4.33. The van der Waals surface area contributed by atoms with Crippen LogP contribution in [0.2, 0.25) is 5.02 Å². The van der Waals surface area contributed by atoms with Crippen LogP contribution in [0.1, 0.15) is 22.1 Å². The Kier molecular flexibility index (Phi) is 3.69. The number of alkyl halides is 1. The number of hydrogen-bond acceptors (Lipinski definition) is 0. The van der Waals surface area contributed by atoms with E-state index in [9.17, 15) is 0 Å². The van der Waals surface area contributed by atoms with Gasteiger partial charge >= 0.3 is 0 Å². The van der Waals surface area contributed by atoms with Crippen LogP contribution in [-0.4, -0.2) is 0 Å². The summed E-state index contributed by atoms with van der Waals surface area (Å²) in [7, 11) is 0. The zero-order valence-electron chi connectivity index (χ0n) is 11.1. The van der Waals surface area contributed by atoms with Crippen LogP contribution in [0.25, 0.3) is 10.8 Å². The van der Waals surface area contributed by atoms with Gasteiger partial charge < -0.3 is 0 Å². The zero-order chi connectivity index (χ0) is 14.1. The smallest absolute Gasteiger partial charge is 0.0841 e. The van der Waals surface area contributed by atoms with Crippen molar-refractivity contribution in [3.8, 4) is 0 Å². The molecule has 1 atom stereocenters. The molecule has 0 aromatic heterocycles. The minimum absolute atomic E-state index is 0.169. The second kappa shape index (κ2) is 5.47. The van der Waals surface area contributed by atoms with Crippen molar-refractivity contribution in [2.24, 2.45) is 0 Å². The monoisotopic (exact) mass is 300 g/mol. The highest BCUT2D eigenvalue weighted by Gasteiger charge is 2.14. The van der Waals surface area contributed by atoms with Crippen LogP contribution < -0.4 is 0 Å². The summed E-state index contributed by atoms with van der Waals surface area (Å²) in [6, 6.07) is 20.4. The minimum Gasteiger partial charge on any atom is -0.113 e. The molecule has 3 aromatic rings. The lowest BCUT2D eigenvalue weighted by Gasteiger charge is -2.14. The first-order valence-corrected chi connectivity index (χ1v) is 7.36. The predicted octanol–water partition coefficient (Wildman–Crippen LogP) is 6.13. The fraction of sp³-hybridized carbons (Fsp3) is 0.111. The van der Waals surface area contributed by atoms with Crippen molar-refractivity contribution in [1.29, 1.82) is 0 Å². The first-order chi connectivity index (χ1) is 9.66. The van der Waals surface area contributed by atoms with E-state index in [2.05, 4.69) is 31.2 Å². The van der Waals surface area contributed by atoms with Crippen LogP contribution in [0.3, 0.4) is 0 Å². The van der Waals surface area contributed by atoms with Gasteiger partial charge in [-0.15, -0.1) is 11.6 Å². The van der Waals surface area contributed by atoms with Gasteiger partial charge in [-0.3, -0.25) is 0 Å². The average Bonchev–Trinajstić information content (AvgIpc) is 2.47. The van der Waals surface area contributed by atoms with Gasteiger partial charge in [0.15, 0.2) is 0 Å². The van der Waals surface area contributed by atoms with Gasteiger partial charge in [0.05, 0.1) is 5.38 Å². The maximum absolute atomic E-state index is 6.69. The van der Waals surface area contributed by atoms with Crippen LogP contribution in [0.5, 0.6) is 0 Å². The topological polar surface area (TPSA) is 0 Å². The van der Waals surface area contributed by atoms with Gasteiger partial charge in [0.2, 0.25) is 0 Å². The van der Waals surface area contributed by atoms with Gasteiger partial charge in [-0.1, -0.05) is 71.8 Å². The summed E-state index contributed by atoms with van der Waals surface area (Å²) in [5, 5.41) is 2.75. The number of halogens is 2. The van der Waals surface area contributed by atoms with E-state index < -0.39 is 0 Å². The van der Waals surface area contributed by atoms with Gasteiger partial charge in [-0.05, 0) is 29.5 Å². The first-order valence-electron chi connectivity index (χ1n) is 6.54. The molecule has 1 unspecified atom stereocenters. The fourth-order valence-corrected chi connectivity index (χ4v) is 3.07. The highest BCUT2D eigenvalue weighted by molar-refractivity contribution is 6.36. The van der Waals surface area contributed by atoms with Crippen molar-refractivity contribution < 1.29 is 0 Å². The molecule has 0 aliphatic carbocycles. The predicted molar refractivity (Wildman–Crippen MR) is 87.8 cm³/mol. The molecule has 0 nitrogen and oxygen atoms in total. The van der Waals surface area contributed by atoms with E-state index in [-0.39, 0.29) is 5.38 Å². The van der Waals surface area contributed by atoms with Crippen molar-refractivity contribution in [3.05, 3.63) is 82.4 Å². The molecule has 3 rings (SSSR count). The van der Waals surface area contributed by atoms with Crippen molar-refractivity contribution in [2.75, 3.05) is 0 Å². The van der Waals surface area contributed by atoms with Crippen molar-refractivity contribution >= 4 is 34.0 Å². The quantitative estimate of drug-likeness (QED) is 0.499. The molecule has 0 radical (unpaired) electrons. The standard InChI is InChI=1S/C18H14Cl2/c1-12-5-4-6-13(11-12)18(20)16-9-10-17(19)15-8-3-2-7-14(15)16/h2-11,18H,1H3. The van der Waals surface area contributed by atoms with E-state index in [4.69, 9.17) is 23.2 Å². The fourth-order valence-electron chi connectivity index (χ4n) is 2.51. The Hall–Kier alpha value is -1.50. The van der Waals surface area contributed by atoms with Crippen LogP contribution in [0.15, 0.2) is 60.7 Å². The second-order valence-corrected chi connectivity index (χ2v) is 5.80. The third kappa shape index (κ3) is 2.42. The van der Waals surface area contributed by atoms with Crippen molar-refractivity contribution in [3.63, 3.8) is 0 Å². The normalized spacial score (nSPS) is 12.6. The number of rotatable bonds is 2. The number of benzene rings is 3. The molecule has 2 heteroatoms. The molecule has 0 fully saturated rings. The molecule has 0 amide bonds. The van der Waals surface area contributed by atoms with Crippen LogP contribution >= 0.6 is 23.2 Å². The van der Waals surface area contributed by atoms with E-state index in [0.29, 0.717) is 0 Å². The third-order valence-electron chi connectivity index (χ3n) is 3.51. The number of fused-ring (bicyclic) bond motifs is 1. The Labute approximate surface area is 129 Å². The Morgan fingerprint density at radius 3 is 2.35 bits per heavy atom. The van der Waals surface area contributed by atoms with Gasteiger partial charge in [-0.2, -0.15) is 0 Å². The summed E-state index contributed by atoms with van der Waals surface area (Å²) >= 11 is 13.0. The maximum Gasteiger partial charge on any atom is 0.0841 e. The van der Waals surface area contributed by atoms with E-state index in [1.165, 1.54) is 5.56 Å². The molecule has 100 valence electrons. The molecule has 0 saturated heterocycles. The first kappa shape index (κ1) is 13.5. The summed E-state index contributed by atoms with van der Waals surface area (Å²) in [4.78, 5) is 0. The highest BCUT2D eigenvalue weighted by Crippen LogP contribution is 2.36. The van der Waals surface area contributed by atoms with E-state index in [0.717, 1.165) is 26.9 Å². The Bertz CT molecular complexity index is 762. The summed E-state index contributed by atoms with van der Waals surface area (Å²) < 4.78 is 0. The molecule has 0 aliphatic heterocycles. The van der Waals surface area contributed by atoms with E-state index in [1.807, 2.05) is 36.4 Å². The molecule has 20 heavy (non-hydrogen) atoms. The summed E-state index contributed by atoms with van der Waals surface area (Å²) in [6.07, 6.45) is 0. The molecule has 3 aromatic carbocycles. The van der Waals surface area contributed by atoms with Gasteiger partial charge in [-0.25, -0.2) is 0 Å². The number of hydrogen-bond donors (Lipinski definition) is 0. The maximum atomic E-state index is 6.69. The highest BCUT2D eigenvalue weighted by atomic mass is 35.5. The van der Waals surface area contributed by atoms with Crippen molar-refractivity contribution in [1.82, 2.24) is 0 Å². The minimum atomic E-state index is -0.169. The molecular formula is C18H14Cl2. The average molecular weight is 301 g/mol. The molecule has 0 aliphatic rings. The van der Waals surface area contributed by atoms with E-state index in [1.54, 1.807) is 0 Å². The van der Waals surface area contributed by atoms with Crippen molar-refractivity contribution in [2.45, 2.75) is 12.3 Å². The lowest BCUT2D eigenvalue weighted by atomic mass is 9.97. The molecule has 0 N–H and O–H groups in total. The Morgan fingerprint density at radius 2 is 1.60 bits per heavy atom. The van der Waals surface area contributed by atoms with Crippen LogP contribution in [0, 0.1) is 6.92 Å².